The lowest BCUT2D eigenvalue weighted by molar-refractivity contribution is -0.433. The summed E-state index contributed by atoms with van der Waals surface area (Å²) in [6.07, 6.45) is 9.90. The number of hydrogen-bond acceptors (Lipinski definition) is 6. The number of aliphatic carboxylic acids is 1. The van der Waals surface area contributed by atoms with Gasteiger partial charge in [0.2, 0.25) is 5.69 Å². The standard InChI is InChI=1S/C34H42N2O8S2/c1-7-35-28-17-15-24(45(39,40)41)21-26(28)33(3,4)30(35)19-13-23(11-9-10-12-32(37)38)14-20-31-34(5,6)27-22-25(46(42,43)44)16-18-29(27)36(31)8-2/h13-22H,7-12H2,1-6H3,(H2-,37,38,39,40,41,42,43,44)/p+1. The zero-order valence-corrected chi connectivity index (χ0v) is 28.7. The van der Waals surface area contributed by atoms with E-state index in [9.17, 15) is 30.7 Å². The third-order valence-corrected chi connectivity index (χ3v) is 10.7. The summed E-state index contributed by atoms with van der Waals surface area (Å²) in [5.74, 6) is -0.847. The van der Waals surface area contributed by atoms with Crippen molar-refractivity contribution < 1.29 is 40.4 Å². The van der Waals surface area contributed by atoms with Crippen LogP contribution in [0.3, 0.4) is 0 Å². The van der Waals surface area contributed by atoms with Crippen molar-refractivity contribution in [3.05, 3.63) is 83.1 Å². The van der Waals surface area contributed by atoms with Crippen LogP contribution in [0.15, 0.2) is 81.8 Å². The summed E-state index contributed by atoms with van der Waals surface area (Å²) >= 11 is 0. The summed E-state index contributed by atoms with van der Waals surface area (Å²) in [7, 11) is -8.74. The van der Waals surface area contributed by atoms with E-state index in [2.05, 4.69) is 9.48 Å². The molecule has 0 aromatic heterocycles. The highest BCUT2D eigenvalue weighted by Gasteiger charge is 2.44. The summed E-state index contributed by atoms with van der Waals surface area (Å²) in [5, 5.41) is 9.15. The number of allylic oxidation sites excluding steroid dienone is 6. The molecule has 2 aliphatic rings. The summed E-state index contributed by atoms with van der Waals surface area (Å²) in [6.45, 7) is 13.3. The van der Waals surface area contributed by atoms with Crippen molar-refractivity contribution in [2.75, 3.05) is 18.0 Å². The van der Waals surface area contributed by atoms with E-state index in [-0.39, 0.29) is 16.2 Å². The van der Waals surface area contributed by atoms with Crippen LogP contribution in [-0.4, -0.2) is 60.4 Å². The Hall–Kier alpha value is -3.58. The van der Waals surface area contributed by atoms with Gasteiger partial charge in [-0.1, -0.05) is 26.0 Å². The van der Waals surface area contributed by atoms with Crippen molar-refractivity contribution in [3.8, 4) is 0 Å². The minimum Gasteiger partial charge on any atom is -0.481 e. The van der Waals surface area contributed by atoms with Crippen LogP contribution in [0.2, 0.25) is 0 Å². The number of hydrogen-bond donors (Lipinski definition) is 3. The number of carboxylic acids is 1. The van der Waals surface area contributed by atoms with Crippen LogP contribution in [-0.2, 0) is 35.9 Å². The number of unbranched alkanes of at least 4 members (excludes halogenated alkanes) is 1. The molecular weight excluding hydrogens is 629 g/mol. The number of rotatable bonds is 12. The molecule has 0 spiro atoms. The van der Waals surface area contributed by atoms with Gasteiger partial charge in [-0.25, -0.2) is 0 Å². The van der Waals surface area contributed by atoms with Crippen molar-refractivity contribution in [1.29, 1.82) is 0 Å². The zero-order chi connectivity index (χ0) is 34.2. The average molecular weight is 672 g/mol. The molecule has 0 saturated heterocycles. The number of benzene rings is 2. The van der Waals surface area contributed by atoms with Crippen LogP contribution in [0.5, 0.6) is 0 Å². The monoisotopic (exact) mass is 671 g/mol. The Morgan fingerprint density at radius 2 is 1.46 bits per heavy atom. The molecule has 2 aromatic rings. The Morgan fingerprint density at radius 3 is 2.02 bits per heavy atom. The molecule has 12 heteroatoms. The topological polar surface area (TPSA) is 152 Å². The quantitative estimate of drug-likeness (QED) is 0.101. The fourth-order valence-corrected chi connectivity index (χ4v) is 7.52. The lowest BCUT2D eigenvalue weighted by atomic mass is 9.81. The Labute approximate surface area is 272 Å². The maximum absolute atomic E-state index is 11.9. The van der Waals surface area contributed by atoms with Gasteiger partial charge < -0.3 is 10.0 Å². The number of fused-ring (bicyclic) bond motifs is 2. The summed E-state index contributed by atoms with van der Waals surface area (Å²) in [6, 6.07) is 9.27. The highest BCUT2D eigenvalue weighted by atomic mass is 32.2. The predicted octanol–water partition coefficient (Wildman–Crippen LogP) is 6.41. The normalized spacial score (nSPS) is 18.5. The van der Waals surface area contributed by atoms with Gasteiger partial charge >= 0.3 is 5.97 Å². The molecular formula is C34H43N2O8S2+. The minimum absolute atomic E-state index is 0.0690. The molecule has 46 heavy (non-hydrogen) atoms. The highest BCUT2D eigenvalue weighted by molar-refractivity contribution is 7.86. The van der Waals surface area contributed by atoms with E-state index in [1.54, 1.807) is 12.1 Å². The van der Waals surface area contributed by atoms with Gasteiger partial charge in [-0.05, 0) is 94.5 Å². The van der Waals surface area contributed by atoms with Gasteiger partial charge in [0.25, 0.3) is 20.2 Å². The smallest absolute Gasteiger partial charge is 0.303 e. The van der Waals surface area contributed by atoms with Crippen molar-refractivity contribution in [1.82, 2.24) is 0 Å². The summed E-state index contributed by atoms with van der Waals surface area (Å²) in [5.41, 5.74) is 4.99. The maximum Gasteiger partial charge on any atom is 0.303 e. The first-order valence-corrected chi connectivity index (χ1v) is 18.2. The van der Waals surface area contributed by atoms with Crippen LogP contribution in [0, 0.1) is 0 Å². The number of nitrogens with zero attached hydrogens (tertiary/aromatic N) is 2. The van der Waals surface area contributed by atoms with Gasteiger partial charge in [0.05, 0.1) is 15.2 Å². The minimum atomic E-state index is -4.37. The largest absolute Gasteiger partial charge is 0.481 e. The molecule has 4 rings (SSSR count). The third-order valence-electron chi connectivity index (χ3n) is 8.97. The Kier molecular flexibility index (Phi) is 9.90. The molecule has 0 atom stereocenters. The van der Waals surface area contributed by atoms with E-state index in [0.29, 0.717) is 32.4 Å². The van der Waals surface area contributed by atoms with Gasteiger partial charge in [0.1, 0.15) is 6.54 Å². The molecule has 0 fully saturated rings. The molecule has 0 amide bonds. The van der Waals surface area contributed by atoms with Crippen molar-refractivity contribution in [2.45, 2.75) is 87.8 Å². The van der Waals surface area contributed by atoms with Gasteiger partial charge in [-0.3, -0.25) is 13.9 Å². The molecule has 0 bridgehead atoms. The second kappa shape index (κ2) is 12.9. The first kappa shape index (κ1) is 35.3. The van der Waals surface area contributed by atoms with E-state index in [0.717, 1.165) is 39.5 Å². The molecule has 0 unspecified atom stereocenters. The Bertz CT molecular complexity index is 1900. The summed E-state index contributed by atoms with van der Waals surface area (Å²) in [4.78, 5) is 13.0. The van der Waals surface area contributed by atoms with E-state index < -0.39 is 37.0 Å². The van der Waals surface area contributed by atoms with E-state index in [1.165, 1.54) is 24.3 Å². The van der Waals surface area contributed by atoms with Gasteiger partial charge in [0.15, 0.2) is 5.71 Å². The molecule has 0 aliphatic carbocycles. The van der Waals surface area contributed by atoms with Crippen LogP contribution in [0.1, 0.15) is 78.4 Å². The van der Waals surface area contributed by atoms with Gasteiger partial charge in [-0.2, -0.15) is 21.4 Å². The number of anilines is 1. The lowest BCUT2D eigenvalue weighted by Gasteiger charge is -2.26. The fourth-order valence-electron chi connectivity index (χ4n) is 6.51. The molecule has 2 aromatic carbocycles. The van der Waals surface area contributed by atoms with Crippen LogP contribution < -0.4 is 4.90 Å². The third kappa shape index (κ3) is 6.90. The van der Waals surface area contributed by atoms with Crippen molar-refractivity contribution >= 4 is 43.3 Å². The number of carboxylic acid groups (broad SMARTS) is 1. The number of carbonyl (C=O) groups is 1. The molecule has 2 aliphatic heterocycles. The van der Waals surface area contributed by atoms with E-state index in [4.69, 9.17) is 5.11 Å². The van der Waals surface area contributed by atoms with Gasteiger partial charge in [-0.15, -0.1) is 0 Å². The second-order valence-electron chi connectivity index (χ2n) is 12.7. The Balaban J connectivity index is 1.77. The summed E-state index contributed by atoms with van der Waals surface area (Å²) < 4.78 is 69.0. The second-order valence-corrected chi connectivity index (χ2v) is 15.5. The van der Waals surface area contributed by atoms with Crippen LogP contribution in [0.25, 0.3) is 0 Å². The first-order chi connectivity index (χ1) is 21.3. The lowest BCUT2D eigenvalue weighted by Crippen LogP contribution is -2.27. The van der Waals surface area contributed by atoms with Crippen LogP contribution >= 0.6 is 0 Å². The SMILES string of the molecule is CCN1/C(=C/C=C(/C=C/C2=[N+](CC)c3ccc(S(=O)(=O)O)cc3C2(C)C)CCCCC(=O)O)C(C)(C)c2cc(S(=O)(=O)O)ccc21. The molecule has 2 heterocycles. The molecule has 248 valence electrons. The van der Waals surface area contributed by atoms with Crippen molar-refractivity contribution in [3.63, 3.8) is 0 Å². The fraction of sp³-hybridized carbons (Fsp3) is 0.412. The zero-order valence-electron chi connectivity index (χ0n) is 27.1. The molecule has 0 saturated carbocycles. The average Bonchev–Trinajstić information content (AvgIpc) is 3.32. The van der Waals surface area contributed by atoms with Crippen molar-refractivity contribution in [2.24, 2.45) is 0 Å². The first-order valence-electron chi connectivity index (χ1n) is 15.3. The molecule has 10 nitrogen and oxygen atoms in total. The van der Waals surface area contributed by atoms with Gasteiger partial charge in [0, 0.05) is 47.5 Å². The van der Waals surface area contributed by atoms with E-state index in [1.807, 2.05) is 65.8 Å². The van der Waals surface area contributed by atoms with E-state index >= 15 is 0 Å². The highest BCUT2D eigenvalue weighted by Crippen LogP contribution is 2.48. The number of likely N-dealkylation sites (N-methyl/N-ethyl adjacent to an activating group) is 1. The molecule has 3 N–H and O–H groups in total. The molecule has 0 radical (unpaired) electrons. The Morgan fingerprint density at radius 1 is 0.870 bits per heavy atom. The maximum atomic E-state index is 11.9. The van der Waals surface area contributed by atoms with Crippen LogP contribution in [0.4, 0.5) is 11.4 Å². The predicted molar refractivity (Wildman–Crippen MR) is 178 cm³/mol.